The second-order valence-corrected chi connectivity index (χ2v) is 10.1. The molecule has 246 valence electrons. The van der Waals surface area contributed by atoms with Gasteiger partial charge < -0.3 is 29.2 Å². The van der Waals surface area contributed by atoms with E-state index < -0.39 is 42.0 Å². The van der Waals surface area contributed by atoms with Crippen LogP contribution in [0.4, 0.5) is 26.3 Å². The lowest BCUT2D eigenvalue weighted by Crippen LogP contribution is -2.49. The highest BCUT2D eigenvalue weighted by atomic mass is 19.4. The van der Waals surface area contributed by atoms with Gasteiger partial charge in [0.2, 0.25) is 5.75 Å². The molecule has 0 radical (unpaired) electrons. The van der Waals surface area contributed by atoms with Gasteiger partial charge in [-0.2, -0.15) is 26.3 Å². The van der Waals surface area contributed by atoms with Gasteiger partial charge in [-0.1, -0.05) is 30.3 Å². The van der Waals surface area contributed by atoms with Gasteiger partial charge in [-0.15, -0.1) is 0 Å². The fourth-order valence-electron chi connectivity index (χ4n) is 5.13. The number of nitrogens with zero attached hydrogens (tertiary/aromatic N) is 2. The Morgan fingerprint density at radius 3 is 2.09 bits per heavy atom. The standard InChI is InChI=1S/C32H31F6N3O5/c1-18-26(29(42)46-5)27(20-10-8-11-22(15-20)31(33,34)35)40-30(41(18)17-21-9-6-7-12-23(21)32(36,37)38)39-16-19-13-24(43-2)28(45-4)25(14-19)44-3/h6-15,27H,16-17H2,1-5H3,(H,39,40). The Labute approximate surface area is 261 Å². The van der Waals surface area contributed by atoms with Crippen molar-refractivity contribution in [3.05, 3.63) is 99.8 Å². The zero-order valence-electron chi connectivity index (χ0n) is 25.5. The van der Waals surface area contributed by atoms with E-state index in [1.807, 2.05) is 0 Å². The molecule has 0 aliphatic carbocycles. The zero-order valence-corrected chi connectivity index (χ0v) is 25.5. The van der Waals surface area contributed by atoms with Gasteiger partial charge in [-0.25, -0.2) is 9.79 Å². The van der Waals surface area contributed by atoms with Crippen LogP contribution in [0.2, 0.25) is 0 Å². The lowest BCUT2D eigenvalue weighted by atomic mass is 9.93. The first-order chi connectivity index (χ1) is 21.7. The van der Waals surface area contributed by atoms with Crippen LogP contribution in [0, 0.1) is 0 Å². The van der Waals surface area contributed by atoms with E-state index >= 15 is 0 Å². The lowest BCUT2D eigenvalue weighted by molar-refractivity contribution is -0.139. The third kappa shape index (κ3) is 7.16. The number of carbonyl (C=O) groups is 1. The van der Waals surface area contributed by atoms with Gasteiger partial charge in [0, 0.05) is 5.70 Å². The Morgan fingerprint density at radius 1 is 0.870 bits per heavy atom. The Hall–Kier alpha value is -4.88. The van der Waals surface area contributed by atoms with E-state index in [1.54, 1.807) is 12.1 Å². The van der Waals surface area contributed by atoms with Gasteiger partial charge in [-0.3, -0.25) is 0 Å². The summed E-state index contributed by atoms with van der Waals surface area (Å²) in [6.07, 6.45) is -9.36. The SMILES string of the molecule is COC(=O)C1=C(C)N(Cc2ccccc2C(F)(F)F)C(=NCc2cc(OC)c(OC)c(OC)c2)NC1c1cccc(C(F)(F)F)c1. The quantitative estimate of drug-likeness (QED) is 0.199. The van der Waals surface area contributed by atoms with Crippen molar-refractivity contribution in [1.29, 1.82) is 0 Å². The molecule has 3 aromatic rings. The maximum Gasteiger partial charge on any atom is 0.416 e. The molecule has 46 heavy (non-hydrogen) atoms. The summed E-state index contributed by atoms with van der Waals surface area (Å²) < 4.78 is 104. The lowest BCUT2D eigenvalue weighted by Gasteiger charge is -2.38. The Bertz CT molecular complexity index is 1630. The highest BCUT2D eigenvalue weighted by Gasteiger charge is 2.39. The van der Waals surface area contributed by atoms with Crippen LogP contribution >= 0.6 is 0 Å². The van der Waals surface area contributed by atoms with Crippen LogP contribution in [-0.2, 0) is 35.0 Å². The number of esters is 1. The smallest absolute Gasteiger partial charge is 0.416 e. The van der Waals surface area contributed by atoms with Crippen molar-refractivity contribution in [3.8, 4) is 17.2 Å². The minimum Gasteiger partial charge on any atom is -0.493 e. The number of benzene rings is 3. The third-order valence-electron chi connectivity index (χ3n) is 7.35. The molecule has 0 fully saturated rings. The number of nitrogens with one attached hydrogen (secondary N) is 1. The first-order valence-corrected chi connectivity index (χ1v) is 13.7. The average Bonchev–Trinajstić information content (AvgIpc) is 3.03. The molecule has 1 heterocycles. The van der Waals surface area contributed by atoms with Gasteiger partial charge in [0.1, 0.15) is 0 Å². The van der Waals surface area contributed by atoms with Crippen LogP contribution in [0.15, 0.2) is 76.9 Å². The number of rotatable bonds is 9. The summed E-state index contributed by atoms with van der Waals surface area (Å²) in [6.45, 7) is 1.00. The van der Waals surface area contributed by atoms with Crippen molar-refractivity contribution in [2.24, 2.45) is 4.99 Å². The Balaban J connectivity index is 1.90. The minimum absolute atomic E-state index is 0.00158. The number of carbonyl (C=O) groups excluding carboxylic acids is 1. The molecule has 0 bridgehead atoms. The highest BCUT2D eigenvalue weighted by Crippen LogP contribution is 2.40. The molecule has 1 aliphatic heterocycles. The first kappa shape index (κ1) is 34.0. The molecule has 3 aromatic carbocycles. The van der Waals surface area contributed by atoms with Crippen molar-refractivity contribution < 1.29 is 50.1 Å². The van der Waals surface area contributed by atoms with Crippen molar-refractivity contribution >= 4 is 11.9 Å². The second kappa shape index (κ2) is 13.6. The number of alkyl halides is 6. The molecule has 1 atom stereocenters. The van der Waals surface area contributed by atoms with Crippen LogP contribution in [0.25, 0.3) is 0 Å². The van der Waals surface area contributed by atoms with Crippen LogP contribution in [0.3, 0.4) is 0 Å². The molecule has 8 nitrogen and oxygen atoms in total. The number of hydrogen-bond acceptors (Lipinski definition) is 6. The molecule has 1 unspecified atom stereocenters. The summed E-state index contributed by atoms with van der Waals surface area (Å²) in [6, 6.07) is 11.4. The maximum atomic E-state index is 14.0. The number of methoxy groups -OCH3 is 4. The largest absolute Gasteiger partial charge is 0.493 e. The molecule has 0 spiro atoms. The molecule has 1 N–H and O–H groups in total. The normalized spacial score (nSPS) is 16.3. The summed E-state index contributed by atoms with van der Waals surface area (Å²) in [5.41, 5.74) is -1.33. The van der Waals surface area contributed by atoms with E-state index in [9.17, 15) is 31.1 Å². The number of halogens is 6. The molecule has 1 aliphatic rings. The number of guanidine groups is 1. The molecular weight excluding hydrogens is 620 g/mol. The van der Waals surface area contributed by atoms with E-state index in [4.69, 9.17) is 18.9 Å². The molecule has 14 heteroatoms. The van der Waals surface area contributed by atoms with E-state index in [0.29, 0.717) is 22.8 Å². The van der Waals surface area contributed by atoms with Crippen LogP contribution < -0.4 is 19.5 Å². The van der Waals surface area contributed by atoms with Crippen LogP contribution in [-0.4, -0.2) is 45.3 Å². The monoisotopic (exact) mass is 651 g/mol. The summed E-state index contributed by atoms with van der Waals surface area (Å²) in [5.74, 6) is 0.100. The molecule has 0 aromatic heterocycles. The number of hydrogen-bond donors (Lipinski definition) is 1. The molecular formula is C32H31F6N3O5. The number of aliphatic imine (C=N–C) groups is 1. The van der Waals surface area contributed by atoms with E-state index in [1.165, 1.54) is 63.5 Å². The van der Waals surface area contributed by atoms with Gasteiger partial charge in [0.05, 0.1) is 64.3 Å². The predicted molar refractivity (Wildman–Crippen MR) is 156 cm³/mol. The summed E-state index contributed by atoms with van der Waals surface area (Å²) in [7, 11) is 5.39. The van der Waals surface area contributed by atoms with E-state index in [0.717, 1.165) is 25.3 Å². The number of ether oxygens (including phenoxy) is 4. The predicted octanol–water partition coefficient (Wildman–Crippen LogP) is 6.90. The van der Waals surface area contributed by atoms with Crippen molar-refractivity contribution in [2.75, 3.05) is 28.4 Å². The molecule has 4 rings (SSSR count). The van der Waals surface area contributed by atoms with Gasteiger partial charge in [0.15, 0.2) is 17.5 Å². The summed E-state index contributed by atoms with van der Waals surface area (Å²) in [4.78, 5) is 19.1. The van der Waals surface area contributed by atoms with Gasteiger partial charge in [0.25, 0.3) is 0 Å². The van der Waals surface area contributed by atoms with Crippen LogP contribution in [0.5, 0.6) is 17.2 Å². The molecule has 0 amide bonds. The summed E-state index contributed by atoms with van der Waals surface area (Å²) in [5, 5.41) is 3.00. The van der Waals surface area contributed by atoms with Gasteiger partial charge >= 0.3 is 18.3 Å². The maximum absolute atomic E-state index is 14.0. The van der Waals surface area contributed by atoms with Crippen molar-refractivity contribution in [1.82, 2.24) is 10.2 Å². The summed E-state index contributed by atoms with van der Waals surface area (Å²) >= 11 is 0. The fourth-order valence-corrected chi connectivity index (χ4v) is 5.13. The fraction of sp³-hybridized carbons (Fsp3) is 0.312. The molecule has 0 saturated heterocycles. The third-order valence-corrected chi connectivity index (χ3v) is 7.35. The van der Waals surface area contributed by atoms with Crippen molar-refractivity contribution in [3.63, 3.8) is 0 Å². The number of allylic oxidation sites excluding steroid dienone is 1. The Morgan fingerprint density at radius 2 is 1.52 bits per heavy atom. The van der Waals surface area contributed by atoms with E-state index in [2.05, 4.69) is 10.3 Å². The first-order valence-electron chi connectivity index (χ1n) is 13.7. The average molecular weight is 652 g/mol. The topological polar surface area (TPSA) is 81.6 Å². The van der Waals surface area contributed by atoms with Crippen molar-refractivity contribution in [2.45, 2.75) is 38.4 Å². The second-order valence-electron chi connectivity index (χ2n) is 10.1. The molecule has 0 saturated carbocycles. The minimum atomic E-state index is -4.68. The highest BCUT2D eigenvalue weighted by molar-refractivity contribution is 5.96. The van der Waals surface area contributed by atoms with Gasteiger partial charge in [-0.05, 0) is 53.9 Å². The zero-order chi connectivity index (χ0) is 33.8. The van der Waals surface area contributed by atoms with Crippen LogP contribution in [0.1, 0.15) is 40.8 Å². The van der Waals surface area contributed by atoms with E-state index in [-0.39, 0.29) is 34.9 Å². The Kier molecular flexibility index (Phi) is 10.1.